The maximum Gasteiger partial charge on any atom is 0.251 e. The van der Waals surface area contributed by atoms with Gasteiger partial charge in [0.25, 0.3) is 5.91 Å². The molecule has 2 rings (SSSR count). The van der Waals surface area contributed by atoms with Gasteiger partial charge in [0.15, 0.2) is 0 Å². The van der Waals surface area contributed by atoms with Gasteiger partial charge in [-0.3, -0.25) is 4.79 Å². The minimum atomic E-state index is -3.53. The van der Waals surface area contributed by atoms with Crippen LogP contribution in [0.2, 0.25) is 0 Å². The van der Waals surface area contributed by atoms with Gasteiger partial charge < -0.3 is 11.1 Å². The number of sulfonamides is 1. The molecule has 1 aliphatic heterocycles. The molecule has 6 nitrogen and oxygen atoms in total. The number of benzene rings is 1. The van der Waals surface area contributed by atoms with Crippen molar-refractivity contribution in [3.8, 4) is 0 Å². The fourth-order valence-electron chi connectivity index (χ4n) is 3.11. The molecule has 0 spiro atoms. The molecule has 3 N–H and O–H groups in total. The van der Waals surface area contributed by atoms with E-state index in [1.807, 2.05) is 27.7 Å². The second kappa shape index (κ2) is 8.06. The lowest BCUT2D eigenvalue weighted by molar-refractivity contribution is 0.0883. The largest absolute Gasteiger partial charge is 0.345 e. The Morgan fingerprint density at radius 3 is 2.42 bits per heavy atom. The summed E-state index contributed by atoms with van der Waals surface area (Å²) in [5, 5.41) is 2.96. The van der Waals surface area contributed by atoms with Crippen molar-refractivity contribution in [3.63, 3.8) is 0 Å². The molecule has 1 heterocycles. The molecule has 1 aromatic rings. The summed E-state index contributed by atoms with van der Waals surface area (Å²) < 4.78 is 27.3. The number of hydrogen-bond acceptors (Lipinski definition) is 4. The Bertz CT molecular complexity index is 731. The van der Waals surface area contributed by atoms with Crippen LogP contribution in [0.4, 0.5) is 0 Å². The highest BCUT2D eigenvalue weighted by Crippen LogP contribution is 2.25. The molecule has 0 saturated carbocycles. The summed E-state index contributed by atoms with van der Waals surface area (Å²) in [6.07, 6.45) is 2.82. The highest BCUT2D eigenvalue weighted by atomic mass is 32.2. The zero-order chi connectivity index (χ0) is 19.5. The van der Waals surface area contributed by atoms with E-state index in [0.717, 1.165) is 19.3 Å². The summed E-state index contributed by atoms with van der Waals surface area (Å²) >= 11 is 0. The number of hydrogen-bond donors (Lipinski definition) is 2. The molecule has 146 valence electrons. The number of nitrogens with one attached hydrogen (secondary N) is 1. The number of amides is 1. The van der Waals surface area contributed by atoms with Gasteiger partial charge >= 0.3 is 0 Å². The van der Waals surface area contributed by atoms with Gasteiger partial charge in [0.1, 0.15) is 0 Å². The van der Waals surface area contributed by atoms with Crippen molar-refractivity contribution in [3.05, 3.63) is 29.8 Å². The van der Waals surface area contributed by atoms with Crippen LogP contribution in [0.15, 0.2) is 29.2 Å². The standard InChI is InChI=1S/C19H31N3O3S/c1-14(2)19(4,13-20)21-18(23)16-8-10-17(11-9-16)26(24,25)22-12-6-5-7-15(22)3/h8-11,14-15H,5-7,12-13,20H2,1-4H3,(H,21,23). The van der Waals surface area contributed by atoms with Crippen molar-refractivity contribution in [2.45, 2.75) is 63.4 Å². The third kappa shape index (κ3) is 4.27. The molecule has 2 unspecified atom stereocenters. The molecule has 26 heavy (non-hydrogen) atoms. The summed E-state index contributed by atoms with van der Waals surface area (Å²) in [7, 11) is -3.53. The fraction of sp³-hybridized carbons (Fsp3) is 0.632. The van der Waals surface area contributed by atoms with Gasteiger partial charge in [-0.15, -0.1) is 0 Å². The number of carbonyl (C=O) groups excluding carboxylic acids is 1. The summed E-state index contributed by atoms with van der Waals surface area (Å²) in [5.41, 5.74) is 5.73. The van der Waals surface area contributed by atoms with Gasteiger partial charge in [-0.25, -0.2) is 8.42 Å². The van der Waals surface area contributed by atoms with E-state index in [1.54, 1.807) is 16.4 Å². The van der Waals surface area contributed by atoms with Crippen LogP contribution >= 0.6 is 0 Å². The van der Waals surface area contributed by atoms with Crippen molar-refractivity contribution in [1.29, 1.82) is 0 Å². The lowest BCUT2D eigenvalue weighted by Crippen LogP contribution is -2.55. The number of rotatable bonds is 6. The van der Waals surface area contributed by atoms with E-state index in [2.05, 4.69) is 5.32 Å². The first-order valence-corrected chi connectivity index (χ1v) is 10.7. The number of nitrogens with zero attached hydrogens (tertiary/aromatic N) is 1. The molecular weight excluding hydrogens is 350 g/mol. The molecular formula is C19H31N3O3S. The summed E-state index contributed by atoms with van der Waals surface area (Å²) in [4.78, 5) is 12.7. The third-order valence-electron chi connectivity index (χ3n) is 5.56. The van der Waals surface area contributed by atoms with Gasteiger partial charge in [-0.1, -0.05) is 20.3 Å². The van der Waals surface area contributed by atoms with E-state index in [-0.39, 0.29) is 22.8 Å². The fourth-order valence-corrected chi connectivity index (χ4v) is 4.80. The summed E-state index contributed by atoms with van der Waals surface area (Å²) in [6.45, 7) is 8.74. The SMILES string of the molecule is CC1CCCCN1S(=O)(=O)c1ccc(C(=O)NC(C)(CN)C(C)C)cc1. The number of piperidine rings is 1. The van der Waals surface area contributed by atoms with Gasteiger partial charge in [0.2, 0.25) is 10.0 Å². The van der Waals surface area contributed by atoms with Crippen LogP contribution in [0.25, 0.3) is 0 Å². The van der Waals surface area contributed by atoms with Crippen LogP contribution in [0, 0.1) is 5.92 Å². The average molecular weight is 382 g/mol. The van der Waals surface area contributed by atoms with Crippen LogP contribution in [0.3, 0.4) is 0 Å². The van der Waals surface area contributed by atoms with E-state index in [9.17, 15) is 13.2 Å². The van der Waals surface area contributed by atoms with Crippen molar-refractivity contribution in [1.82, 2.24) is 9.62 Å². The Balaban J connectivity index is 2.18. The molecule has 1 amide bonds. The molecule has 7 heteroatoms. The predicted octanol–water partition coefficient (Wildman–Crippen LogP) is 2.35. The normalized spacial score (nSPS) is 21.4. The monoisotopic (exact) mass is 381 g/mol. The lowest BCUT2D eigenvalue weighted by atomic mass is 9.88. The molecule has 0 aliphatic carbocycles. The predicted molar refractivity (Wildman–Crippen MR) is 103 cm³/mol. The third-order valence-corrected chi connectivity index (χ3v) is 7.59. The summed E-state index contributed by atoms with van der Waals surface area (Å²) in [6, 6.07) is 6.16. The Labute approximate surface area is 157 Å². The smallest absolute Gasteiger partial charge is 0.251 e. The Kier molecular flexibility index (Phi) is 6.47. The molecule has 2 atom stereocenters. The highest BCUT2D eigenvalue weighted by molar-refractivity contribution is 7.89. The Hall–Kier alpha value is -1.44. The molecule has 1 fully saturated rings. The first-order chi connectivity index (χ1) is 12.1. The highest BCUT2D eigenvalue weighted by Gasteiger charge is 2.32. The molecule has 1 aromatic carbocycles. The molecule has 0 radical (unpaired) electrons. The van der Waals surface area contributed by atoms with Crippen LogP contribution in [-0.4, -0.2) is 43.3 Å². The first kappa shape index (κ1) is 20.9. The van der Waals surface area contributed by atoms with Crippen LogP contribution in [-0.2, 0) is 10.0 Å². The zero-order valence-corrected chi connectivity index (χ0v) is 17.0. The van der Waals surface area contributed by atoms with Crippen LogP contribution < -0.4 is 11.1 Å². The van der Waals surface area contributed by atoms with E-state index in [0.29, 0.717) is 18.7 Å². The average Bonchev–Trinajstić information content (AvgIpc) is 2.61. The van der Waals surface area contributed by atoms with E-state index < -0.39 is 15.6 Å². The first-order valence-electron chi connectivity index (χ1n) is 9.26. The van der Waals surface area contributed by atoms with E-state index in [1.165, 1.54) is 12.1 Å². The van der Waals surface area contributed by atoms with Crippen molar-refractivity contribution >= 4 is 15.9 Å². The molecule has 1 saturated heterocycles. The second-order valence-corrected chi connectivity index (χ2v) is 9.61. The Morgan fingerprint density at radius 1 is 1.31 bits per heavy atom. The zero-order valence-electron chi connectivity index (χ0n) is 16.2. The van der Waals surface area contributed by atoms with Crippen LogP contribution in [0.5, 0.6) is 0 Å². The number of nitrogens with two attached hydrogens (primary N) is 1. The van der Waals surface area contributed by atoms with Crippen molar-refractivity contribution in [2.24, 2.45) is 11.7 Å². The summed E-state index contributed by atoms with van der Waals surface area (Å²) in [5.74, 6) is -0.0707. The Morgan fingerprint density at radius 2 is 1.92 bits per heavy atom. The molecule has 0 bridgehead atoms. The minimum Gasteiger partial charge on any atom is -0.345 e. The van der Waals surface area contributed by atoms with Gasteiger partial charge in [0.05, 0.1) is 10.4 Å². The maximum atomic E-state index is 12.9. The molecule has 0 aromatic heterocycles. The quantitative estimate of drug-likeness (QED) is 0.791. The van der Waals surface area contributed by atoms with Gasteiger partial charge in [0, 0.05) is 24.7 Å². The van der Waals surface area contributed by atoms with Crippen molar-refractivity contribution < 1.29 is 13.2 Å². The van der Waals surface area contributed by atoms with Crippen LogP contribution in [0.1, 0.15) is 57.3 Å². The maximum absolute atomic E-state index is 12.9. The topological polar surface area (TPSA) is 92.5 Å². The minimum absolute atomic E-state index is 0.00743. The van der Waals surface area contributed by atoms with E-state index in [4.69, 9.17) is 5.73 Å². The molecule has 1 aliphatic rings. The number of carbonyl (C=O) groups is 1. The lowest BCUT2D eigenvalue weighted by Gasteiger charge is -2.33. The van der Waals surface area contributed by atoms with Gasteiger partial charge in [-0.05, 0) is 56.9 Å². The van der Waals surface area contributed by atoms with Crippen molar-refractivity contribution in [2.75, 3.05) is 13.1 Å². The van der Waals surface area contributed by atoms with E-state index >= 15 is 0 Å². The van der Waals surface area contributed by atoms with Gasteiger partial charge in [-0.2, -0.15) is 4.31 Å². The second-order valence-electron chi connectivity index (χ2n) is 7.72.